The average Bonchev–Trinajstić information content (AvgIpc) is 2.80. The summed E-state index contributed by atoms with van der Waals surface area (Å²) >= 11 is 1.81. The van der Waals surface area contributed by atoms with Gasteiger partial charge in [-0.2, -0.15) is 0 Å². The summed E-state index contributed by atoms with van der Waals surface area (Å²) in [5.74, 6) is 2.50. The molecule has 0 atom stereocenters. The average molecular weight is 478 g/mol. The van der Waals surface area contributed by atoms with Gasteiger partial charge in [0.25, 0.3) is 0 Å². The Morgan fingerprint density at radius 2 is 1.56 bits per heavy atom. The van der Waals surface area contributed by atoms with E-state index in [1.807, 2.05) is 17.8 Å². The van der Waals surface area contributed by atoms with Crippen LogP contribution in [0.2, 0.25) is 0 Å². The number of nitrogens with one attached hydrogen (secondary N) is 1. The van der Waals surface area contributed by atoms with Gasteiger partial charge in [0.1, 0.15) is 0 Å². The molecule has 1 heterocycles. The van der Waals surface area contributed by atoms with Crippen molar-refractivity contribution in [3.63, 3.8) is 0 Å². The van der Waals surface area contributed by atoms with E-state index in [2.05, 4.69) is 57.0 Å². The maximum Gasteiger partial charge on any atom is 0.160 e. The van der Waals surface area contributed by atoms with E-state index in [0.29, 0.717) is 0 Å². The van der Waals surface area contributed by atoms with E-state index in [-0.39, 0.29) is 12.4 Å². The molecular weight excluding hydrogens is 442 g/mol. The number of nitrogens with zero attached hydrogens (tertiary/aromatic N) is 2. The fourth-order valence-electron chi connectivity index (χ4n) is 3.95. The number of hydrogen-bond acceptors (Lipinski definition) is 6. The second-order valence-electron chi connectivity index (χ2n) is 8.17. The van der Waals surface area contributed by atoms with Crippen LogP contribution in [-0.2, 0) is 12.2 Å². The number of amidine groups is 1. The Hall–Kier alpha value is -1.89. The van der Waals surface area contributed by atoms with Gasteiger partial charge in [0, 0.05) is 12.3 Å². The molecule has 0 saturated heterocycles. The molecule has 0 unspecified atom stereocenters. The Morgan fingerprint density at radius 3 is 2.12 bits per heavy atom. The third kappa shape index (κ3) is 5.91. The number of halogens is 1. The number of aliphatic imine (C=N–C) groups is 1. The molecule has 0 aliphatic carbocycles. The zero-order chi connectivity index (χ0) is 22.5. The minimum Gasteiger partial charge on any atom is -0.493 e. The molecule has 176 valence electrons. The zero-order valence-electron chi connectivity index (χ0n) is 20.3. The number of methoxy groups -OCH3 is 2. The molecule has 3 rings (SSSR count). The molecule has 1 aliphatic heterocycles. The maximum absolute atomic E-state index is 5.41. The zero-order valence-corrected chi connectivity index (χ0v) is 21.9. The minimum atomic E-state index is 0. The lowest BCUT2D eigenvalue weighted by molar-refractivity contribution is 0.270. The fraction of sp³-hybridized carbons (Fsp3) is 0.480. The maximum atomic E-state index is 5.41. The summed E-state index contributed by atoms with van der Waals surface area (Å²) in [6, 6.07) is 6.12. The first-order chi connectivity index (χ1) is 14.8. The van der Waals surface area contributed by atoms with Crippen molar-refractivity contribution in [2.45, 2.75) is 46.8 Å². The predicted molar refractivity (Wildman–Crippen MR) is 139 cm³/mol. The summed E-state index contributed by atoms with van der Waals surface area (Å²) in [6.45, 7) is 13.7. The van der Waals surface area contributed by atoms with E-state index in [9.17, 15) is 0 Å². The smallest absolute Gasteiger partial charge is 0.160 e. The van der Waals surface area contributed by atoms with Crippen molar-refractivity contribution in [2.75, 3.05) is 34.1 Å². The molecule has 5 nitrogen and oxygen atoms in total. The number of thioether (sulfide) groups is 1. The molecule has 32 heavy (non-hydrogen) atoms. The van der Waals surface area contributed by atoms with Crippen LogP contribution in [0.3, 0.4) is 0 Å². The van der Waals surface area contributed by atoms with Crippen LogP contribution in [-0.4, -0.2) is 44.2 Å². The normalized spacial score (nSPS) is 13.8. The lowest BCUT2D eigenvalue weighted by Gasteiger charge is -2.27. The number of benzene rings is 2. The Kier molecular flexibility index (Phi) is 9.74. The van der Waals surface area contributed by atoms with Crippen LogP contribution in [0.25, 0.3) is 0 Å². The quantitative estimate of drug-likeness (QED) is 0.584. The molecule has 1 N–H and O–H groups in total. The Bertz CT molecular complexity index is 949. The van der Waals surface area contributed by atoms with E-state index in [4.69, 9.17) is 14.5 Å². The molecule has 0 aromatic heterocycles. The molecule has 2 aromatic rings. The Balaban J connectivity index is 0.00000363. The first kappa shape index (κ1) is 26.4. The third-order valence-electron chi connectivity index (χ3n) is 6.54. The van der Waals surface area contributed by atoms with Gasteiger partial charge in [-0.1, -0.05) is 17.8 Å². The fourth-order valence-corrected chi connectivity index (χ4v) is 4.98. The number of hydrogen-bond donors (Lipinski definition) is 1. The molecule has 0 radical (unpaired) electrons. The monoisotopic (exact) mass is 477 g/mol. The molecule has 0 bridgehead atoms. The van der Waals surface area contributed by atoms with Crippen LogP contribution in [0.15, 0.2) is 23.2 Å². The number of rotatable bonds is 7. The Labute approximate surface area is 203 Å². The van der Waals surface area contributed by atoms with Crippen molar-refractivity contribution < 1.29 is 9.47 Å². The number of ether oxygens (including phenoxy) is 2. The summed E-state index contributed by atoms with van der Waals surface area (Å²) < 4.78 is 10.7. The van der Waals surface area contributed by atoms with Crippen molar-refractivity contribution >= 4 is 29.3 Å². The topological polar surface area (TPSA) is 46.1 Å². The second kappa shape index (κ2) is 11.8. The van der Waals surface area contributed by atoms with Crippen LogP contribution in [0.1, 0.15) is 38.9 Å². The molecule has 1 aliphatic rings. The standard InChI is InChI=1S/C25H35N3O2S.ClH/c1-16-17(2)19(4)22(20(5)18(16)3)13-31-25-26-14-28(15-27-25)11-10-21-8-9-23(29-6)24(12-21)30-7;/h8-9,12H,10-11,13-15H2,1-7H3,(H,26,27);1H. The largest absolute Gasteiger partial charge is 0.493 e. The SMILES string of the molecule is COc1ccc(CCN2CN=C(SCc3c(C)c(C)c(C)c(C)c3C)NC2)cc1OC.Cl. The summed E-state index contributed by atoms with van der Waals surface area (Å²) in [7, 11) is 3.33. The van der Waals surface area contributed by atoms with Gasteiger partial charge in [-0.15, -0.1) is 12.4 Å². The molecule has 0 fully saturated rings. The van der Waals surface area contributed by atoms with Gasteiger partial charge in [-0.05, 0) is 92.1 Å². The lowest BCUT2D eigenvalue weighted by atomic mass is 9.90. The second-order valence-corrected chi connectivity index (χ2v) is 9.13. The highest BCUT2D eigenvalue weighted by atomic mass is 35.5. The van der Waals surface area contributed by atoms with Gasteiger partial charge >= 0.3 is 0 Å². The van der Waals surface area contributed by atoms with Crippen molar-refractivity contribution in [1.29, 1.82) is 0 Å². The molecular formula is C25H36ClN3O2S. The molecule has 0 saturated carbocycles. The van der Waals surface area contributed by atoms with Crippen molar-refractivity contribution in [3.8, 4) is 11.5 Å². The summed E-state index contributed by atoms with van der Waals surface area (Å²) in [5.41, 5.74) is 9.77. The van der Waals surface area contributed by atoms with E-state index in [1.54, 1.807) is 14.2 Å². The van der Waals surface area contributed by atoms with E-state index in [0.717, 1.165) is 48.7 Å². The molecule has 7 heteroatoms. The van der Waals surface area contributed by atoms with Crippen molar-refractivity contribution in [3.05, 3.63) is 57.1 Å². The highest BCUT2D eigenvalue weighted by molar-refractivity contribution is 8.13. The van der Waals surface area contributed by atoms with Crippen molar-refractivity contribution in [1.82, 2.24) is 10.2 Å². The van der Waals surface area contributed by atoms with Gasteiger partial charge in [0.15, 0.2) is 16.7 Å². The van der Waals surface area contributed by atoms with Gasteiger partial charge in [-0.3, -0.25) is 4.90 Å². The molecule has 0 amide bonds. The van der Waals surface area contributed by atoms with Crippen LogP contribution in [0, 0.1) is 34.6 Å². The van der Waals surface area contributed by atoms with Gasteiger partial charge in [-0.25, -0.2) is 4.99 Å². The van der Waals surface area contributed by atoms with E-state index in [1.165, 1.54) is 38.9 Å². The van der Waals surface area contributed by atoms with E-state index < -0.39 is 0 Å². The summed E-state index contributed by atoms with van der Waals surface area (Å²) in [5, 5.41) is 4.53. The van der Waals surface area contributed by atoms with Gasteiger partial charge in [0.05, 0.1) is 27.6 Å². The third-order valence-corrected chi connectivity index (χ3v) is 7.52. The molecule has 2 aromatic carbocycles. The highest BCUT2D eigenvalue weighted by Crippen LogP contribution is 2.30. The first-order valence-corrected chi connectivity index (χ1v) is 11.7. The minimum absolute atomic E-state index is 0. The van der Waals surface area contributed by atoms with Gasteiger partial charge < -0.3 is 14.8 Å². The van der Waals surface area contributed by atoms with Gasteiger partial charge in [0.2, 0.25) is 0 Å². The van der Waals surface area contributed by atoms with Crippen molar-refractivity contribution in [2.24, 2.45) is 4.99 Å². The molecule has 0 spiro atoms. The highest BCUT2D eigenvalue weighted by Gasteiger charge is 2.16. The predicted octanol–water partition coefficient (Wildman–Crippen LogP) is 5.32. The van der Waals surface area contributed by atoms with Crippen LogP contribution >= 0.6 is 24.2 Å². The lowest BCUT2D eigenvalue weighted by Crippen LogP contribution is -2.42. The van der Waals surface area contributed by atoms with Crippen LogP contribution in [0.4, 0.5) is 0 Å². The van der Waals surface area contributed by atoms with Crippen LogP contribution in [0.5, 0.6) is 11.5 Å². The summed E-state index contributed by atoms with van der Waals surface area (Å²) in [4.78, 5) is 7.09. The van der Waals surface area contributed by atoms with Crippen LogP contribution < -0.4 is 14.8 Å². The first-order valence-electron chi connectivity index (χ1n) is 10.8. The summed E-state index contributed by atoms with van der Waals surface area (Å²) in [6.07, 6.45) is 0.945. The van der Waals surface area contributed by atoms with E-state index >= 15 is 0 Å². The Morgan fingerprint density at radius 1 is 0.938 bits per heavy atom.